The highest BCUT2D eigenvalue weighted by Gasteiger charge is 2.29. The third-order valence-corrected chi connectivity index (χ3v) is 3.79. The largest absolute Gasteiger partial charge is 0.289 e. The normalized spacial score (nSPS) is 19.1. The van der Waals surface area contributed by atoms with Crippen molar-refractivity contribution in [3.05, 3.63) is 47.0 Å². The molecule has 102 valence electrons. The number of hydrogen-bond acceptors (Lipinski definition) is 4. The lowest BCUT2D eigenvalue weighted by Gasteiger charge is -2.22. The Morgan fingerprint density at radius 3 is 3.05 bits per heavy atom. The van der Waals surface area contributed by atoms with Crippen LogP contribution >= 0.6 is 0 Å². The average molecular weight is 267 g/mol. The third kappa shape index (κ3) is 2.43. The van der Waals surface area contributed by atoms with Crippen molar-refractivity contribution >= 4 is 0 Å². The minimum absolute atomic E-state index is 0.256. The van der Waals surface area contributed by atoms with Crippen molar-refractivity contribution in [3.8, 4) is 6.07 Å². The fourth-order valence-electron chi connectivity index (χ4n) is 2.80. The zero-order valence-electron chi connectivity index (χ0n) is 11.5. The highest BCUT2D eigenvalue weighted by molar-refractivity contribution is 5.37. The van der Waals surface area contributed by atoms with E-state index in [1.165, 1.54) is 0 Å². The fraction of sp³-hybridized carbons (Fsp3) is 0.400. The number of aromatic nitrogens is 3. The quantitative estimate of drug-likeness (QED) is 0.926. The number of benzene rings is 1. The van der Waals surface area contributed by atoms with E-state index in [1.807, 2.05) is 31.2 Å². The van der Waals surface area contributed by atoms with E-state index in [4.69, 9.17) is 0 Å². The summed E-state index contributed by atoms with van der Waals surface area (Å²) in [5.74, 6) is 1.72. The molecular formula is C15H17N5. The molecule has 1 N–H and O–H groups in total. The van der Waals surface area contributed by atoms with Gasteiger partial charge in [-0.15, -0.1) is 0 Å². The van der Waals surface area contributed by atoms with Crippen molar-refractivity contribution in [3.63, 3.8) is 0 Å². The molecule has 5 nitrogen and oxygen atoms in total. The zero-order chi connectivity index (χ0) is 13.9. The average Bonchev–Trinajstić information content (AvgIpc) is 3.08. The zero-order valence-corrected chi connectivity index (χ0v) is 11.5. The maximum absolute atomic E-state index is 9.18. The summed E-state index contributed by atoms with van der Waals surface area (Å²) in [6.45, 7) is 3.72. The second-order valence-electron chi connectivity index (χ2n) is 5.18. The predicted molar refractivity (Wildman–Crippen MR) is 74.7 cm³/mol. The van der Waals surface area contributed by atoms with Crippen molar-refractivity contribution in [2.24, 2.45) is 0 Å². The summed E-state index contributed by atoms with van der Waals surface area (Å²) in [6, 6.07) is 10.3. The van der Waals surface area contributed by atoms with Gasteiger partial charge in [0.15, 0.2) is 5.82 Å². The molecule has 0 aliphatic carbocycles. The Kier molecular flexibility index (Phi) is 3.48. The molecule has 1 atom stereocenters. The summed E-state index contributed by atoms with van der Waals surface area (Å²) in [5.41, 5.74) is 1.83. The number of hydrogen-bond donors (Lipinski definition) is 1. The van der Waals surface area contributed by atoms with Gasteiger partial charge in [0.1, 0.15) is 5.82 Å². The van der Waals surface area contributed by atoms with Crippen LogP contribution in [0.2, 0.25) is 0 Å². The van der Waals surface area contributed by atoms with Gasteiger partial charge in [0.05, 0.1) is 17.7 Å². The summed E-state index contributed by atoms with van der Waals surface area (Å²) in [5, 5.41) is 16.4. The van der Waals surface area contributed by atoms with Crippen molar-refractivity contribution in [1.29, 1.82) is 5.26 Å². The Hall–Kier alpha value is -2.19. The summed E-state index contributed by atoms with van der Waals surface area (Å²) >= 11 is 0. The van der Waals surface area contributed by atoms with Gasteiger partial charge in [0.25, 0.3) is 0 Å². The van der Waals surface area contributed by atoms with Crippen molar-refractivity contribution < 1.29 is 0 Å². The molecule has 1 fully saturated rings. The Morgan fingerprint density at radius 2 is 2.30 bits per heavy atom. The number of likely N-dealkylation sites (tertiary alicyclic amines) is 1. The highest BCUT2D eigenvalue weighted by atomic mass is 15.3. The molecule has 1 aliphatic rings. The Labute approximate surface area is 118 Å². The first kappa shape index (κ1) is 12.8. The molecule has 1 aromatic heterocycles. The molecule has 1 saturated heterocycles. The van der Waals surface area contributed by atoms with Crippen LogP contribution in [0.15, 0.2) is 24.3 Å². The molecule has 0 unspecified atom stereocenters. The molecule has 0 saturated carbocycles. The molecule has 2 aromatic rings. The maximum Gasteiger partial charge on any atom is 0.167 e. The van der Waals surface area contributed by atoms with Gasteiger partial charge in [-0.1, -0.05) is 18.2 Å². The monoisotopic (exact) mass is 267 g/mol. The molecule has 0 radical (unpaired) electrons. The highest BCUT2D eigenvalue weighted by Crippen LogP contribution is 2.31. The van der Waals surface area contributed by atoms with E-state index < -0.39 is 0 Å². The second-order valence-corrected chi connectivity index (χ2v) is 5.18. The lowest BCUT2D eigenvalue weighted by Crippen LogP contribution is -2.24. The topological polar surface area (TPSA) is 68.6 Å². The van der Waals surface area contributed by atoms with Crippen LogP contribution in [0.3, 0.4) is 0 Å². The molecule has 1 aliphatic heterocycles. The number of nitrogens with zero attached hydrogens (tertiary/aromatic N) is 4. The first-order valence-electron chi connectivity index (χ1n) is 6.89. The van der Waals surface area contributed by atoms with Crippen molar-refractivity contribution in [2.75, 3.05) is 6.54 Å². The minimum Gasteiger partial charge on any atom is -0.289 e. The van der Waals surface area contributed by atoms with Gasteiger partial charge in [-0.05, 0) is 37.9 Å². The van der Waals surface area contributed by atoms with E-state index in [2.05, 4.69) is 26.2 Å². The molecule has 0 spiro atoms. The van der Waals surface area contributed by atoms with Gasteiger partial charge in [-0.2, -0.15) is 10.4 Å². The van der Waals surface area contributed by atoms with E-state index in [1.54, 1.807) is 0 Å². The van der Waals surface area contributed by atoms with Crippen LogP contribution < -0.4 is 0 Å². The SMILES string of the molecule is Cc1nc([C@@H]2CCCN2Cc2ccccc2C#N)n[nH]1. The number of rotatable bonds is 3. The van der Waals surface area contributed by atoms with Crippen LogP contribution in [0.25, 0.3) is 0 Å². The van der Waals surface area contributed by atoms with Crippen LogP contribution in [0.5, 0.6) is 0 Å². The summed E-state index contributed by atoms with van der Waals surface area (Å²) in [4.78, 5) is 6.81. The van der Waals surface area contributed by atoms with E-state index in [-0.39, 0.29) is 6.04 Å². The van der Waals surface area contributed by atoms with Crippen LogP contribution in [-0.4, -0.2) is 26.6 Å². The molecular weight excluding hydrogens is 250 g/mol. The number of nitrogens with one attached hydrogen (secondary N) is 1. The summed E-state index contributed by atoms with van der Waals surface area (Å²) < 4.78 is 0. The van der Waals surface area contributed by atoms with Gasteiger partial charge in [-0.3, -0.25) is 10.00 Å². The lowest BCUT2D eigenvalue weighted by atomic mass is 10.1. The van der Waals surface area contributed by atoms with Crippen LogP contribution in [0.1, 0.15) is 41.7 Å². The van der Waals surface area contributed by atoms with Crippen LogP contribution in [-0.2, 0) is 6.54 Å². The molecule has 20 heavy (non-hydrogen) atoms. The van der Waals surface area contributed by atoms with E-state index in [0.29, 0.717) is 0 Å². The van der Waals surface area contributed by atoms with Crippen LogP contribution in [0, 0.1) is 18.3 Å². The Morgan fingerprint density at radius 1 is 1.45 bits per heavy atom. The van der Waals surface area contributed by atoms with Gasteiger partial charge >= 0.3 is 0 Å². The minimum atomic E-state index is 0.256. The smallest absolute Gasteiger partial charge is 0.167 e. The molecule has 3 rings (SSSR count). The Bertz CT molecular complexity index is 640. The van der Waals surface area contributed by atoms with Crippen molar-refractivity contribution in [2.45, 2.75) is 32.4 Å². The second kappa shape index (κ2) is 5.43. The van der Waals surface area contributed by atoms with E-state index in [9.17, 15) is 5.26 Å². The summed E-state index contributed by atoms with van der Waals surface area (Å²) in [7, 11) is 0. The number of H-pyrrole nitrogens is 1. The first-order chi connectivity index (χ1) is 9.78. The van der Waals surface area contributed by atoms with Gasteiger partial charge in [0, 0.05) is 6.54 Å². The predicted octanol–water partition coefficient (Wildman–Crippen LogP) is 2.32. The number of aryl methyl sites for hydroxylation is 1. The molecule has 1 aromatic carbocycles. The standard InChI is InChI=1S/C15H17N5/c1-11-17-15(19-18-11)14-7-4-8-20(14)10-13-6-3-2-5-12(13)9-16/h2-3,5-6,14H,4,7-8,10H2,1H3,(H,17,18,19)/t14-/m0/s1. The lowest BCUT2D eigenvalue weighted by molar-refractivity contribution is 0.240. The molecule has 0 bridgehead atoms. The fourth-order valence-corrected chi connectivity index (χ4v) is 2.80. The maximum atomic E-state index is 9.18. The molecule has 5 heteroatoms. The van der Waals surface area contributed by atoms with Gasteiger partial charge < -0.3 is 0 Å². The molecule has 2 heterocycles. The van der Waals surface area contributed by atoms with Gasteiger partial charge in [0.2, 0.25) is 0 Å². The first-order valence-corrected chi connectivity index (χ1v) is 6.89. The van der Waals surface area contributed by atoms with Gasteiger partial charge in [-0.25, -0.2) is 4.98 Å². The van der Waals surface area contributed by atoms with E-state index in [0.717, 1.165) is 48.7 Å². The Balaban J connectivity index is 1.81. The van der Waals surface area contributed by atoms with Crippen LogP contribution in [0.4, 0.5) is 0 Å². The third-order valence-electron chi connectivity index (χ3n) is 3.79. The number of aromatic amines is 1. The molecule has 0 amide bonds. The summed E-state index contributed by atoms with van der Waals surface area (Å²) in [6.07, 6.45) is 2.22. The number of nitriles is 1. The van der Waals surface area contributed by atoms with E-state index >= 15 is 0 Å². The van der Waals surface area contributed by atoms with Crippen molar-refractivity contribution in [1.82, 2.24) is 20.1 Å².